The molecule has 3 aromatic rings. The van der Waals surface area contributed by atoms with Crippen LogP contribution in [0.1, 0.15) is 5.56 Å². The lowest BCUT2D eigenvalue weighted by Crippen LogP contribution is -2.31. The van der Waals surface area contributed by atoms with E-state index in [1.807, 2.05) is 0 Å². The topological polar surface area (TPSA) is 106 Å². The van der Waals surface area contributed by atoms with E-state index in [0.29, 0.717) is 36.0 Å². The van der Waals surface area contributed by atoms with E-state index in [1.165, 1.54) is 24.3 Å². The van der Waals surface area contributed by atoms with Gasteiger partial charge in [0.25, 0.3) is 5.56 Å². The summed E-state index contributed by atoms with van der Waals surface area (Å²) in [4.78, 5) is 29.4. The molecule has 0 radical (unpaired) electrons. The summed E-state index contributed by atoms with van der Waals surface area (Å²) in [5.74, 6) is 0.291. The lowest BCUT2D eigenvalue weighted by Gasteiger charge is -2.19. The maximum Gasteiger partial charge on any atom is 0.272 e. The largest absolute Gasteiger partial charge is 0.486 e. The van der Waals surface area contributed by atoms with E-state index >= 15 is 0 Å². The molecule has 150 valence electrons. The van der Waals surface area contributed by atoms with Crippen LogP contribution in [0.5, 0.6) is 11.5 Å². The first kappa shape index (κ1) is 19.1. The van der Waals surface area contributed by atoms with Gasteiger partial charge in [0, 0.05) is 17.3 Å². The highest BCUT2D eigenvalue weighted by molar-refractivity contribution is 5.91. The summed E-state index contributed by atoms with van der Waals surface area (Å²) in [6, 6.07) is 12.0. The van der Waals surface area contributed by atoms with Gasteiger partial charge in [0.2, 0.25) is 5.91 Å². The molecule has 1 aliphatic rings. The molecule has 1 aliphatic heterocycles. The van der Waals surface area contributed by atoms with Crippen molar-refractivity contribution in [1.82, 2.24) is 9.55 Å². The van der Waals surface area contributed by atoms with E-state index in [1.54, 1.807) is 24.3 Å². The Morgan fingerprint density at radius 3 is 2.63 bits per heavy atom. The molecule has 0 saturated carbocycles. The van der Waals surface area contributed by atoms with Crippen LogP contribution in [0.2, 0.25) is 0 Å². The molecule has 2 heterocycles. The standard InChI is InChI=1S/C21H15FN4O4/c22-15-3-1-13(2-4-15)20-24-11-14(10-23)21(28)26(20)12-19(27)25-16-5-6-17-18(9-16)30-8-7-29-17/h1-6,9,11H,7-8,12H2,(H,25,27). The second-order valence-corrected chi connectivity index (χ2v) is 6.41. The molecule has 2 aromatic carbocycles. The summed E-state index contributed by atoms with van der Waals surface area (Å²) in [6.45, 7) is 0.478. The number of benzene rings is 2. The fraction of sp³-hybridized carbons (Fsp3) is 0.143. The number of rotatable bonds is 4. The molecule has 0 unspecified atom stereocenters. The van der Waals surface area contributed by atoms with E-state index in [4.69, 9.17) is 14.7 Å². The normalized spacial score (nSPS) is 12.1. The van der Waals surface area contributed by atoms with Crippen molar-refractivity contribution in [2.45, 2.75) is 6.54 Å². The SMILES string of the molecule is N#Cc1cnc(-c2ccc(F)cc2)n(CC(=O)Nc2ccc3c(c2)OCCO3)c1=O. The van der Waals surface area contributed by atoms with Gasteiger partial charge in [0.15, 0.2) is 11.5 Å². The quantitative estimate of drug-likeness (QED) is 0.713. The highest BCUT2D eigenvalue weighted by atomic mass is 19.1. The van der Waals surface area contributed by atoms with Crippen LogP contribution < -0.4 is 20.3 Å². The Hall–Kier alpha value is -4.19. The van der Waals surface area contributed by atoms with Crippen molar-refractivity contribution in [2.24, 2.45) is 0 Å². The predicted molar refractivity (Wildman–Crippen MR) is 105 cm³/mol. The van der Waals surface area contributed by atoms with Crippen molar-refractivity contribution in [2.75, 3.05) is 18.5 Å². The van der Waals surface area contributed by atoms with Crippen molar-refractivity contribution in [3.8, 4) is 29.0 Å². The number of hydrogen-bond donors (Lipinski definition) is 1. The average Bonchev–Trinajstić information content (AvgIpc) is 2.76. The number of fused-ring (bicyclic) bond motifs is 1. The number of ether oxygens (including phenoxy) is 2. The van der Waals surface area contributed by atoms with E-state index < -0.39 is 17.3 Å². The fourth-order valence-corrected chi connectivity index (χ4v) is 3.01. The molecule has 4 rings (SSSR count). The Balaban J connectivity index is 1.63. The fourth-order valence-electron chi connectivity index (χ4n) is 3.01. The summed E-state index contributed by atoms with van der Waals surface area (Å²) in [6.07, 6.45) is 1.14. The van der Waals surface area contributed by atoms with Gasteiger partial charge < -0.3 is 14.8 Å². The first-order chi connectivity index (χ1) is 14.5. The van der Waals surface area contributed by atoms with Crippen molar-refractivity contribution < 1.29 is 18.7 Å². The van der Waals surface area contributed by atoms with Crippen LogP contribution in [0.25, 0.3) is 11.4 Å². The molecule has 0 saturated heterocycles. The van der Waals surface area contributed by atoms with Gasteiger partial charge in [-0.3, -0.25) is 14.2 Å². The molecular formula is C21H15FN4O4. The first-order valence-corrected chi connectivity index (χ1v) is 9.00. The number of nitriles is 1. The van der Waals surface area contributed by atoms with Gasteiger partial charge >= 0.3 is 0 Å². The van der Waals surface area contributed by atoms with Gasteiger partial charge in [-0.25, -0.2) is 9.37 Å². The van der Waals surface area contributed by atoms with Gasteiger partial charge in [0.1, 0.15) is 43.0 Å². The van der Waals surface area contributed by atoms with Gasteiger partial charge in [-0.15, -0.1) is 0 Å². The third kappa shape index (κ3) is 3.84. The average molecular weight is 406 g/mol. The molecule has 0 fully saturated rings. The molecule has 0 atom stereocenters. The molecule has 9 heteroatoms. The molecule has 8 nitrogen and oxygen atoms in total. The van der Waals surface area contributed by atoms with Crippen LogP contribution in [0.15, 0.2) is 53.5 Å². The zero-order valence-electron chi connectivity index (χ0n) is 15.6. The van der Waals surface area contributed by atoms with Gasteiger partial charge in [-0.05, 0) is 36.4 Å². The smallest absolute Gasteiger partial charge is 0.272 e. The molecule has 0 spiro atoms. The van der Waals surface area contributed by atoms with Crippen LogP contribution in [-0.2, 0) is 11.3 Å². The molecule has 1 N–H and O–H groups in total. The number of hydrogen-bond acceptors (Lipinski definition) is 6. The summed E-state index contributed by atoms with van der Waals surface area (Å²) in [5.41, 5.74) is 0.0345. The van der Waals surface area contributed by atoms with Gasteiger partial charge in [-0.2, -0.15) is 5.26 Å². The molecule has 0 bridgehead atoms. The van der Waals surface area contributed by atoms with Crippen molar-refractivity contribution in [1.29, 1.82) is 5.26 Å². The number of aromatic nitrogens is 2. The monoisotopic (exact) mass is 406 g/mol. The number of anilines is 1. The van der Waals surface area contributed by atoms with E-state index in [2.05, 4.69) is 10.3 Å². The first-order valence-electron chi connectivity index (χ1n) is 9.00. The number of amides is 1. The molecular weight excluding hydrogens is 391 g/mol. The summed E-state index contributed by atoms with van der Waals surface area (Å²) >= 11 is 0. The molecule has 30 heavy (non-hydrogen) atoms. The highest BCUT2D eigenvalue weighted by Gasteiger charge is 2.17. The van der Waals surface area contributed by atoms with Gasteiger partial charge in [0.05, 0.1) is 6.20 Å². The molecule has 0 aliphatic carbocycles. The number of halogens is 1. The zero-order chi connectivity index (χ0) is 21.1. The van der Waals surface area contributed by atoms with Crippen molar-refractivity contribution in [3.63, 3.8) is 0 Å². The zero-order valence-corrected chi connectivity index (χ0v) is 15.6. The van der Waals surface area contributed by atoms with Crippen LogP contribution >= 0.6 is 0 Å². The minimum atomic E-state index is -0.663. The van der Waals surface area contributed by atoms with E-state index in [0.717, 1.165) is 10.8 Å². The third-order valence-electron chi connectivity index (χ3n) is 4.40. The Morgan fingerprint density at radius 1 is 1.17 bits per heavy atom. The number of nitrogens with one attached hydrogen (secondary N) is 1. The number of carbonyl (C=O) groups is 1. The van der Waals surface area contributed by atoms with Gasteiger partial charge in [-0.1, -0.05) is 0 Å². The second-order valence-electron chi connectivity index (χ2n) is 6.41. The third-order valence-corrected chi connectivity index (χ3v) is 4.40. The summed E-state index contributed by atoms with van der Waals surface area (Å²) in [7, 11) is 0. The van der Waals surface area contributed by atoms with Crippen LogP contribution in [0.3, 0.4) is 0 Å². The summed E-state index contributed by atoms with van der Waals surface area (Å²) < 4.78 is 25.3. The van der Waals surface area contributed by atoms with Crippen LogP contribution in [-0.4, -0.2) is 28.7 Å². The van der Waals surface area contributed by atoms with Crippen LogP contribution in [0.4, 0.5) is 10.1 Å². The Bertz CT molecular complexity index is 1220. The van der Waals surface area contributed by atoms with Crippen LogP contribution in [0, 0.1) is 17.1 Å². The van der Waals surface area contributed by atoms with Crippen molar-refractivity contribution >= 4 is 11.6 Å². The maximum absolute atomic E-state index is 13.3. The lowest BCUT2D eigenvalue weighted by atomic mass is 10.2. The Kier molecular flexibility index (Phi) is 5.13. The lowest BCUT2D eigenvalue weighted by molar-refractivity contribution is -0.116. The maximum atomic E-state index is 13.3. The number of carbonyl (C=O) groups excluding carboxylic acids is 1. The van der Waals surface area contributed by atoms with Crippen molar-refractivity contribution in [3.05, 3.63) is 70.4 Å². The highest BCUT2D eigenvalue weighted by Crippen LogP contribution is 2.32. The Labute approximate surface area is 170 Å². The minimum Gasteiger partial charge on any atom is -0.486 e. The second kappa shape index (κ2) is 8.05. The minimum absolute atomic E-state index is 0.149. The van der Waals surface area contributed by atoms with E-state index in [9.17, 15) is 14.0 Å². The molecule has 1 aromatic heterocycles. The Morgan fingerprint density at radius 2 is 1.90 bits per heavy atom. The molecule has 1 amide bonds. The predicted octanol–water partition coefficient (Wildman–Crippen LogP) is 2.33. The van der Waals surface area contributed by atoms with E-state index in [-0.39, 0.29) is 17.9 Å². The summed E-state index contributed by atoms with van der Waals surface area (Å²) in [5, 5.41) is 11.8. The number of nitrogens with zero attached hydrogens (tertiary/aromatic N) is 3.